The van der Waals surface area contributed by atoms with Gasteiger partial charge in [-0.2, -0.15) is 0 Å². The maximum atomic E-state index is 13.9. The van der Waals surface area contributed by atoms with Gasteiger partial charge in [0.05, 0.1) is 0 Å². The van der Waals surface area contributed by atoms with Crippen molar-refractivity contribution < 1.29 is 13.6 Å². The van der Waals surface area contributed by atoms with E-state index in [1.165, 1.54) is 12.1 Å². The van der Waals surface area contributed by atoms with Crippen LogP contribution in [0.4, 0.5) is 8.78 Å². The first-order valence-corrected chi connectivity index (χ1v) is 7.37. The highest BCUT2D eigenvalue weighted by Crippen LogP contribution is 2.30. The number of amides is 1. The van der Waals surface area contributed by atoms with Crippen molar-refractivity contribution in [3.05, 3.63) is 70.8 Å². The minimum Gasteiger partial charge on any atom is -0.331 e. The molecule has 0 aliphatic heterocycles. The Hall–Kier alpha value is -2.23. The Bertz CT molecular complexity index is 710. The molecule has 22 heavy (non-hydrogen) atoms. The Balaban J connectivity index is 1.87. The van der Waals surface area contributed by atoms with Crippen molar-refractivity contribution in [3.8, 4) is 0 Å². The minimum absolute atomic E-state index is 0.0932. The number of carbonyl (C=O) groups is 1. The molecule has 1 amide bonds. The third-order valence-electron chi connectivity index (χ3n) is 3.98. The predicted octanol–water partition coefficient (Wildman–Crippen LogP) is 4.08. The SMILES string of the molecule is Cc1ccccc1C(=O)N(Cc1ccc(F)cc1F)C1CC1. The molecule has 0 saturated heterocycles. The van der Waals surface area contributed by atoms with Gasteiger partial charge in [0, 0.05) is 29.8 Å². The Morgan fingerprint density at radius 2 is 1.91 bits per heavy atom. The van der Waals surface area contributed by atoms with Crippen molar-refractivity contribution in [2.75, 3.05) is 0 Å². The number of halogens is 2. The maximum absolute atomic E-state index is 13.9. The molecule has 0 unspecified atom stereocenters. The van der Waals surface area contributed by atoms with Crippen LogP contribution in [-0.4, -0.2) is 16.8 Å². The van der Waals surface area contributed by atoms with E-state index in [4.69, 9.17) is 0 Å². The number of carbonyl (C=O) groups excluding carboxylic acids is 1. The van der Waals surface area contributed by atoms with E-state index in [1.807, 2.05) is 25.1 Å². The molecule has 1 aliphatic rings. The van der Waals surface area contributed by atoms with Crippen LogP contribution < -0.4 is 0 Å². The fourth-order valence-electron chi connectivity index (χ4n) is 2.55. The zero-order chi connectivity index (χ0) is 15.7. The van der Waals surface area contributed by atoms with E-state index in [0.29, 0.717) is 11.1 Å². The topological polar surface area (TPSA) is 20.3 Å². The molecule has 0 heterocycles. The van der Waals surface area contributed by atoms with Crippen LogP contribution in [0, 0.1) is 18.6 Å². The van der Waals surface area contributed by atoms with Gasteiger partial charge in [-0.3, -0.25) is 4.79 Å². The molecule has 0 radical (unpaired) electrons. The smallest absolute Gasteiger partial charge is 0.254 e. The average molecular weight is 301 g/mol. The molecular weight excluding hydrogens is 284 g/mol. The van der Waals surface area contributed by atoms with E-state index in [2.05, 4.69) is 0 Å². The lowest BCUT2D eigenvalue weighted by Gasteiger charge is -2.23. The number of rotatable bonds is 4. The Morgan fingerprint density at radius 3 is 2.55 bits per heavy atom. The van der Waals surface area contributed by atoms with Crippen LogP contribution in [0.5, 0.6) is 0 Å². The molecule has 0 spiro atoms. The highest BCUT2D eigenvalue weighted by Gasteiger charge is 2.33. The van der Waals surface area contributed by atoms with Gasteiger partial charge in [0.2, 0.25) is 0 Å². The standard InChI is InChI=1S/C18H17F2NO/c1-12-4-2-3-5-16(12)18(22)21(15-8-9-15)11-13-6-7-14(19)10-17(13)20/h2-7,10,15H,8-9,11H2,1H3. The van der Waals surface area contributed by atoms with E-state index < -0.39 is 11.6 Å². The van der Waals surface area contributed by atoms with Crippen LogP contribution in [0.2, 0.25) is 0 Å². The number of benzene rings is 2. The summed E-state index contributed by atoms with van der Waals surface area (Å²) in [4.78, 5) is 14.5. The highest BCUT2D eigenvalue weighted by atomic mass is 19.1. The molecular formula is C18H17F2NO. The van der Waals surface area contributed by atoms with Crippen molar-refractivity contribution in [2.45, 2.75) is 32.4 Å². The van der Waals surface area contributed by atoms with E-state index >= 15 is 0 Å². The van der Waals surface area contributed by atoms with Crippen molar-refractivity contribution >= 4 is 5.91 Å². The molecule has 3 rings (SSSR count). The van der Waals surface area contributed by atoms with Crippen molar-refractivity contribution in [3.63, 3.8) is 0 Å². The summed E-state index contributed by atoms with van der Waals surface area (Å²) in [5.74, 6) is -1.31. The molecule has 2 aromatic carbocycles. The molecule has 1 saturated carbocycles. The number of hydrogen-bond donors (Lipinski definition) is 0. The lowest BCUT2D eigenvalue weighted by atomic mass is 10.1. The van der Waals surface area contributed by atoms with Crippen LogP contribution in [0.25, 0.3) is 0 Å². The van der Waals surface area contributed by atoms with Gasteiger partial charge in [0.25, 0.3) is 5.91 Å². The van der Waals surface area contributed by atoms with E-state index in [9.17, 15) is 13.6 Å². The van der Waals surface area contributed by atoms with Gasteiger partial charge in [-0.25, -0.2) is 8.78 Å². The molecule has 4 heteroatoms. The first-order chi connectivity index (χ1) is 10.6. The van der Waals surface area contributed by atoms with E-state index in [-0.39, 0.29) is 18.5 Å². The summed E-state index contributed by atoms with van der Waals surface area (Å²) < 4.78 is 26.9. The van der Waals surface area contributed by atoms with E-state index in [0.717, 1.165) is 24.5 Å². The van der Waals surface area contributed by atoms with Gasteiger partial charge in [-0.1, -0.05) is 24.3 Å². The molecule has 0 aromatic heterocycles. The molecule has 0 atom stereocenters. The third-order valence-corrected chi connectivity index (χ3v) is 3.98. The first-order valence-electron chi connectivity index (χ1n) is 7.37. The van der Waals surface area contributed by atoms with Gasteiger partial charge in [-0.15, -0.1) is 0 Å². The zero-order valence-electron chi connectivity index (χ0n) is 12.4. The zero-order valence-corrected chi connectivity index (χ0v) is 12.4. The summed E-state index contributed by atoms with van der Waals surface area (Å²) in [6.07, 6.45) is 1.86. The van der Waals surface area contributed by atoms with Crippen molar-refractivity contribution in [1.29, 1.82) is 0 Å². The van der Waals surface area contributed by atoms with Crippen molar-refractivity contribution in [2.24, 2.45) is 0 Å². The molecule has 2 aromatic rings. The minimum atomic E-state index is -0.608. The van der Waals surface area contributed by atoms with Crippen LogP contribution in [0.1, 0.15) is 34.3 Å². The Labute approximate surface area is 128 Å². The van der Waals surface area contributed by atoms with Gasteiger partial charge in [0.15, 0.2) is 0 Å². The molecule has 2 nitrogen and oxygen atoms in total. The van der Waals surface area contributed by atoms with Crippen LogP contribution >= 0.6 is 0 Å². The largest absolute Gasteiger partial charge is 0.331 e. The first kappa shape index (κ1) is 14.7. The fourth-order valence-corrected chi connectivity index (χ4v) is 2.55. The normalized spacial score (nSPS) is 14.0. The second-order valence-corrected chi connectivity index (χ2v) is 5.71. The summed E-state index contributed by atoms with van der Waals surface area (Å²) in [6, 6.07) is 11.0. The summed E-state index contributed by atoms with van der Waals surface area (Å²) in [6.45, 7) is 2.06. The number of aryl methyl sites for hydroxylation is 1. The maximum Gasteiger partial charge on any atom is 0.254 e. The second-order valence-electron chi connectivity index (χ2n) is 5.71. The van der Waals surface area contributed by atoms with Crippen LogP contribution in [0.15, 0.2) is 42.5 Å². The van der Waals surface area contributed by atoms with Crippen LogP contribution in [-0.2, 0) is 6.54 Å². The summed E-state index contributed by atoms with van der Waals surface area (Å²) in [7, 11) is 0. The van der Waals surface area contributed by atoms with Gasteiger partial charge >= 0.3 is 0 Å². The van der Waals surface area contributed by atoms with Crippen molar-refractivity contribution in [1.82, 2.24) is 4.90 Å². The molecule has 114 valence electrons. The van der Waals surface area contributed by atoms with Gasteiger partial charge < -0.3 is 4.90 Å². The monoisotopic (exact) mass is 301 g/mol. The highest BCUT2D eigenvalue weighted by molar-refractivity contribution is 5.96. The molecule has 1 aliphatic carbocycles. The molecule has 0 N–H and O–H groups in total. The average Bonchev–Trinajstić information content (AvgIpc) is 3.31. The quantitative estimate of drug-likeness (QED) is 0.833. The second kappa shape index (κ2) is 5.87. The Kier molecular flexibility index (Phi) is 3.92. The molecule has 0 bridgehead atoms. The van der Waals surface area contributed by atoms with Gasteiger partial charge in [0.1, 0.15) is 11.6 Å². The Morgan fingerprint density at radius 1 is 1.18 bits per heavy atom. The van der Waals surface area contributed by atoms with Gasteiger partial charge in [-0.05, 0) is 37.5 Å². The third kappa shape index (κ3) is 3.01. The predicted molar refractivity (Wildman–Crippen MR) is 80.4 cm³/mol. The summed E-state index contributed by atoms with van der Waals surface area (Å²) in [5.41, 5.74) is 1.88. The van der Waals surface area contributed by atoms with Crippen LogP contribution in [0.3, 0.4) is 0 Å². The summed E-state index contributed by atoms with van der Waals surface area (Å²) in [5, 5.41) is 0. The number of nitrogens with zero attached hydrogens (tertiary/aromatic N) is 1. The van der Waals surface area contributed by atoms with E-state index in [1.54, 1.807) is 11.0 Å². The summed E-state index contributed by atoms with van der Waals surface area (Å²) >= 11 is 0. The number of hydrogen-bond acceptors (Lipinski definition) is 1. The lowest BCUT2D eigenvalue weighted by molar-refractivity contribution is 0.0727. The molecule has 1 fully saturated rings. The lowest BCUT2D eigenvalue weighted by Crippen LogP contribution is -2.33. The fraction of sp³-hybridized carbons (Fsp3) is 0.278.